The second-order valence-electron chi connectivity index (χ2n) is 11.3. The number of hydrogen-bond acceptors (Lipinski definition) is 4. The molecule has 0 saturated heterocycles. The summed E-state index contributed by atoms with van der Waals surface area (Å²) in [5.74, 6) is 2.04. The Morgan fingerprint density at radius 1 is 0.727 bits per heavy atom. The van der Waals surface area contributed by atoms with Crippen LogP contribution in [0, 0.1) is 17.8 Å². The quantitative estimate of drug-likeness (QED) is 0.251. The molecule has 4 atom stereocenters. The van der Waals surface area contributed by atoms with E-state index in [9.17, 15) is 14.7 Å². The fraction of sp³-hybridized carbons (Fsp3) is 0.793. The number of carbonyl (C=O) groups excluding carboxylic acids is 2. The largest absolute Gasteiger partial charge is 0.390 e. The van der Waals surface area contributed by atoms with Crippen molar-refractivity contribution in [3.63, 3.8) is 0 Å². The van der Waals surface area contributed by atoms with E-state index < -0.39 is 5.60 Å². The molecular formula is C29H51NO3. The lowest BCUT2D eigenvalue weighted by Gasteiger charge is -2.26. The van der Waals surface area contributed by atoms with Gasteiger partial charge < -0.3 is 10.8 Å². The molecule has 0 spiro atoms. The summed E-state index contributed by atoms with van der Waals surface area (Å²) in [6, 6.07) is 0. The zero-order valence-corrected chi connectivity index (χ0v) is 22.6. The molecule has 3 N–H and O–H groups in total. The van der Waals surface area contributed by atoms with E-state index in [2.05, 4.69) is 20.8 Å². The summed E-state index contributed by atoms with van der Waals surface area (Å²) >= 11 is 0. The molecule has 0 fully saturated rings. The highest BCUT2D eigenvalue weighted by molar-refractivity contribution is 6.24. The van der Waals surface area contributed by atoms with Gasteiger partial charge in [-0.1, -0.05) is 65.7 Å². The molecule has 4 unspecified atom stereocenters. The maximum Gasteiger partial charge on any atom is 0.185 e. The minimum Gasteiger partial charge on any atom is -0.390 e. The van der Waals surface area contributed by atoms with Crippen molar-refractivity contribution in [3.05, 3.63) is 22.3 Å². The lowest BCUT2D eigenvalue weighted by atomic mass is 9.81. The molecule has 0 aromatic heterocycles. The fourth-order valence-corrected chi connectivity index (χ4v) is 4.84. The normalized spacial score (nSPS) is 19.7. The first kappa shape index (κ1) is 29.8. The van der Waals surface area contributed by atoms with Crippen LogP contribution in [0.2, 0.25) is 0 Å². The summed E-state index contributed by atoms with van der Waals surface area (Å²) in [7, 11) is 0. The molecule has 0 aromatic carbocycles. The fourth-order valence-electron chi connectivity index (χ4n) is 4.84. The Morgan fingerprint density at radius 2 is 1.18 bits per heavy atom. The van der Waals surface area contributed by atoms with Crippen LogP contribution in [-0.2, 0) is 9.59 Å². The van der Waals surface area contributed by atoms with Crippen LogP contribution in [0.1, 0.15) is 119 Å². The molecule has 1 rings (SSSR count). The Bertz CT molecular complexity index is 716. The monoisotopic (exact) mass is 461 g/mol. The predicted octanol–water partition coefficient (Wildman–Crippen LogP) is 6.70. The van der Waals surface area contributed by atoms with Crippen LogP contribution in [0.4, 0.5) is 0 Å². The highest BCUT2D eigenvalue weighted by Gasteiger charge is 2.29. The van der Waals surface area contributed by atoms with Crippen LogP contribution in [0.25, 0.3) is 0 Å². The first-order valence-corrected chi connectivity index (χ1v) is 13.3. The lowest BCUT2D eigenvalue weighted by molar-refractivity contribution is -0.116. The topological polar surface area (TPSA) is 80.4 Å². The van der Waals surface area contributed by atoms with Crippen molar-refractivity contribution in [1.82, 2.24) is 0 Å². The maximum atomic E-state index is 12.6. The Balaban J connectivity index is 2.30. The number of aliphatic hydroxyl groups is 1. The molecule has 0 aliphatic heterocycles. The van der Waals surface area contributed by atoms with Crippen LogP contribution in [0.3, 0.4) is 0 Å². The summed E-state index contributed by atoms with van der Waals surface area (Å²) in [6.07, 6.45) is 11.5. The molecule has 0 saturated carbocycles. The number of rotatable bonds is 16. The molecule has 190 valence electrons. The van der Waals surface area contributed by atoms with Gasteiger partial charge in [-0.3, -0.25) is 9.59 Å². The third kappa shape index (κ3) is 10.3. The van der Waals surface area contributed by atoms with E-state index in [1.807, 2.05) is 6.92 Å². The minimum absolute atomic E-state index is 0.0304. The summed E-state index contributed by atoms with van der Waals surface area (Å²) in [5, 5.41) is 10.9. The van der Waals surface area contributed by atoms with E-state index in [0.717, 1.165) is 31.7 Å². The molecule has 4 nitrogen and oxygen atoms in total. The number of ketones is 2. The first-order chi connectivity index (χ1) is 15.4. The summed E-state index contributed by atoms with van der Waals surface area (Å²) in [5.41, 5.74) is 7.13. The van der Waals surface area contributed by atoms with E-state index in [0.29, 0.717) is 47.0 Å². The highest BCUT2D eigenvalue weighted by atomic mass is 16.3. The van der Waals surface area contributed by atoms with Crippen LogP contribution in [0.5, 0.6) is 0 Å². The Morgan fingerprint density at radius 3 is 1.70 bits per heavy atom. The SMILES string of the molecule is CC1=C(C)C(=O)C(CCC(C)(O)CCCC(C)CCCC(C)CCCC(C)CN)=C(C)C1=O. The molecule has 1 aliphatic carbocycles. The van der Waals surface area contributed by atoms with Gasteiger partial charge in [-0.25, -0.2) is 0 Å². The zero-order valence-electron chi connectivity index (χ0n) is 22.6. The third-order valence-corrected chi connectivity index (χ3v) is 7.83. The molecule has 0 heterocycles. The van der Waals surface area contributed by atoms with Crippen molar-refractivity contribution in [1.29, 1.82) is 0 Å². The summed E-state index contributed by atoms with van der Waals surface area (Å²) in [4.78, 5) is 25.0. The lowest BCUT2D eigenvalue weighted by Crippen LogP contribution is -2.27. The average molecular weight is 462 g/mol. The number of Topliss-reactive ketones (excluding diaryl/α,β-unsaturated/α-hetero) is 2. The molecule has 0 amide bonds. The van der Waals surface area contributed by atoms with Crippen LogP contribution in [0.15, 0.2) is 22.3 Å². The summed E-state index contributed by atoms with van der Waals surface area (Å²) in [6.45, 7) is 14.8. The molecule has 0 bridgehead atoms. The van der Waals surface area contributed by atoms with Gasteiger partial charge in [-0.15, -0.1) is 0 Å². The van der Waals surface area contributed by atoms with Crippen molar-refractivity contribution in [3.8, 4) is 0 Å². The zero-order chi connectivity index (χ0) is 25.2. The van der Waals surface area contributed by atoms with Crippen LogP contribution >= 0.6 is 0 Å². The molecular weight excluding hydrogens is 410 g/mol. The van der Waals surface area contributed by atoms with Gasteiger partial charge in [-0.2, -0.15) is 0 Å². The molecule has 4 heteroatoms. The van der Waals surface area contributed by atoms with Crippen molar-refractivity contribution in [2.45, 2.75) is 125 Å². The Hall–Kier alpha value is -1.26. The van der Waals surface area contributed by atoms with Gasteiger partial charge in [0.2, 0.25) is 0 Å². The predicted molar refractivity (Wildman–Crippen MR) is 139 cm³/mol. The van der Waals surface area contributed by atoms with Crippen molar-refractivity contribution >= 4 is 11.6 Å². The smallest absolute Gasteiger partial charge is 0.185 e. The van der Waals surface area contributed by atoms with Gasteiger partial charge in [0.1, 0.15) is 0 Å². The standard InChI is InChI=1S/C29H51NO3/c1-20(13-9-14-22(3)19-30)11-8-12-21(2)15-10-17-29(7,33)18-16-26-25(6)27(31)23(4)24(5)28(26)32/h20-22,33H,8-19,30H2,1-7H3. The Kier molecular flexibility index (Phi) is 12.8. The molecule has 0 radical (unpaired) electrons. The van der Waals surface area contributed by atoms with Crippen molar-refractivity contribution in [2.75, 3.05) is 6.54 Å². The minimum atomic E-state index is -0.810. The van der Waals surface area contributed by atoms with Gasteiger partial charge in [-0.05, 0) is 77.7 Å². The number of hydrogen-bond donors (Lipinski definition) is 2. The van der Waals surface area contributed by atoms with Gasteiger partial charge in [0.25, 0.3) is 0 Å². The maximum absolute atomic E-state index is 12.6. The second-order valence-corrected chi connectivity index (χ2v) is 11.3. The first-order valence-electron chi connectivity index (χ1n) is 13.3. The van der Waals surface area contributed by atoms with Gasteiger partial charge in [0.05, 0.1) is 5.60 Å². The van der Waals surface area contributed by atoms with E-state index >= 15 is 0 Å². The van der Waals surface area contributed by atoms with Crippen molar-refractivity contribution in [2.24, 2.45) is 23.5 Å². The second kappa shape index (κ2) is 14.2. The molecule has 1 aliphatic rings. The third-order valence-electron chi connectivity index (χ3n) is 7.83. The van der Waals surface area contributed by atoms with Gasteiger partial charge in [0.15, 0.2) is 11.6 Å². The number of carbonyl (C=O) groups is 2. The average Bonchev–Trinajstić information content (AvgIpc) is 2.76. The molecule has 0 aromatic rings. The van der Waals surface area contributed by atoms with Crippen LogP contribution in [-0.4, -0.2) is 28.8 Å². The van der Waals surface area contributed by atoms with E-state index in [1.54, 1.807) is 20.8 Å². The van der Waals surface area contributed by atoms with E-state index in [-0.39, 0.29) is 11.6 Å². The Labute approximate surface area is 203 Å². The van der Waals surface area contributed by atoms with Gasteiger partial charge in [0, 0.05) is 22.3 Å². The van der Waals surface area contributed by atoms with Gasteiger partial charge >= 0.3 is 0 Å². The van der Waals surface area contributed by atoms with E-state index in [1.165, 1.54) is 38.5 Å². The summed E-state index contributed by atoms with van der Waals surface area (Å²) < 4.78 is 0. The number of nitrogens with two attached hydrogens (primary N) is 1. The highest BCUT2D eigenvalue weighted by Crippen LogP contribution is 2.31. The van der Waals surface area contributed by atoms with E-state index in [4.69, 9.17) is 5.73 Å². The molecule has 33 heavy (non-hydrogen) atoms. The number of allylic oxidation sites excluding steroid dienone is 4. The van der Waals surface area contributed by atoms with Crippen LogP contribution < -0.4 is 5.73 Å². The van der Waals surface area contributed by atoms with Crippen molar-refractivity contribution < 1.29 is 14.7 Å².